The van der Waals surface area contributed by atoms with Crippen LogP contribution in [0.3, 0.4) is 0 Å². The van der Waals surface area contributed by atoms with Crippen molar-refractivity contribution in [3.8, 4) is 5.88 Å². The number of rotatable bonds is 3. The van der Waals surface area contributed by atoms with Crippen LogP contribution in [0.5, 0.6) is 5.88 Å². The second-order valence-corrected chi connectivity index (χ2v) is 3.99. The van der Waals surface area contributed by atoms with Crippen LogP contribution in [0.4, 0.5) is 0 Å². The first kappa shape index (κ1) is 11.0. The summed E-state index contributed by atoms with van der Waals surface area (Å²) in [7, 11) is 1.61. The Balaban J connectivity index is 3.17. The molecule has 78 valence electrons. The maximum atomic E-state index is 5.07. The molecule has 0 fully saturated rings. The third kappa shape index (κ3) is 2.22. The highest BCUT2D eigenvalue weighted by Crippen LogP contribution is 2.23. The van der Waals surface area contributed by atoms with Crippen LogP contribution in [0.1, 0.15) is 50.9 Å². The second kappa shape index (κ2) is 4.40. The molecule has 0 aliphatic heterocycles. The van der Waals surface area contributed by atoms with Gasteiger partial charge < -0.3 is 4.74 Å². The van der Waals surface area contributed by atoms with Crippen LogP contribution in [-0.4, -0.2) is 17.1 Å². The Morgan fingerprint density at radius 1 is 1.07 bits per heavy atom. The molecule has 1 heterocycles. The lowest BCUT2D eigenvalue weighted by atomic mass is 10.0. The number of methoxy groups -OCH3 is 1. The van der Waals surface area contributed by atoms with Gasteiger partial charge in [-0.3, -0.25) is 4.98 Å². The van der Waals surface area contributed by atoms with Gasteiger partial charge >= 0.3 is 0 Å². The van der Waals surface area contributed by atoms with Crippen molar-refractivity contribution in [2.45, 2.75) is 39.5 Å². The lowest BCUT2D eigenvalue weighted by Gasteiger charge is -2.14. The molecule has 0 aliphatic rings. The summed E-state index contributed by atoms with van der Waals surface area (Å²) in [5, 5.41) is 0. The monoisotopic (exact) mass is 194 g/mol. The largest absolute Gasteiger partial charge is 0.480 e. The van der Waals surface area contributed by atoms with Crippen LogP contribution in [0, 0.1) is 0 Å². The fraction of sp³-hybridized carbons (Fsp3) is 0.636. The SMILES string of the molecule is COc1cnc(C(C)C)c(C(C)C)n1. The molecule has 0 aliphatic carbocycles. The van der Waals surface area contributed by atoms with Crippen molar-refractivity contribution in [1.82, 2.24) is 9.97 Å². The average Bonchev–Trinajstić information content (AvgIpc) is 2.16. The topological polar surface area (TPSA) is 35.0 Å². The minimum absolute atomic E-state index is 0.384. The zero-order valence-electron chi connectivity index (χ0n) is 9.53. The smallest absolute Gasteiger partial charge is 0.232 e. The van der Waals surface area contributed by atoms with E-state index in [9.17, 15) is 0 Å². The molecule has 0 radical (unpaired) electrons. The molecule has 0 aromatic carbocycles. The highest BCUT2D eigenvalue weighted by molar-refractivity contribution is 5.22. The molecular weight excluding hydrogens is 176 g/mol. The summed E-state index contributed by atoms with van der Waals surface area (Å²) < 4.78 is 5.07. The normalized spacial score (nSPS) is 11.1. The van der Waals surface area contributed by atoms with Gasteiger partial charge in [-0.15, -0.1) is 0 Å². The van der Waals surface area contributed by atoms with Crippen molar-refractivity contribution in [3.05, 3.63) is 17.6 Å². The molecule has 0 saturated heterocycles. The Morgan fingerprint density at radius 2 is 1.64 bits per heavy atom. The van der Waals surface area contributed by atoms with E-state index in [1.165, 1.54) is 0 Å². The predicted octanol–water partition coefficient (Wildman–Crippen LogP) is 2.73. The molecule has 0 atom stereocenters. The molecule has 1 rings (SSSR count). The molecule has 0 unspecified atom stereocenters. The van der Waals surface area contributed by atoms with E-state index in [0.29, 0.717) is 17.7 Å². The lowest BCUT2D eigenvalue weighted by Crippen LogP contribution is -2.06. The van der Waals surface area contributed by atoms with Gasteiger partial charge in [-0.25, -0.2) is 4.98 Å². The second-order valence-electron chi connectivity index (χ2n) is 3.99. The Kier molecular flexibility index (Phi) is 3.44. The van der Waals surface area contributed by atoms with Crippen LogP contribution in [0.25, 0.3) is 0 Å². The average molecular weight is 194 g/mol. The maximum Gasteiger partial charge on any atom is 0.232 e. The number of nitrogens with zero attached hydrogens (tertiary/aromatic N) is 2. The molecule has 0 amide bonds. The van der Waals surface area contributed by atoms with Crippen molar-refractivity contribution in [3.63, 3.8) is 0 Å². The van der Waals surface area contributed by atoms with Crippen molar-refractivity contribution in [1.29, 1.82) is 0 Å². The first-order valence-electron chi connectivity index (χ1n) is 4.97. The summed E-state index contributed by atoms with van der Waals surface area (Å²) in [6.45, 7) is 8.50. The van der Waals surface area contributed by atoms with Crippen molar-refractivity contribution < 1.29 is 4.74 Å². The van der Waals surface area contributed by atoms with Gasteiger partial charge in [0.25, 0.3) is 0 Å². The molecule has 0 N–H and O–H groups in total. The summed E-state index contributed by atoms with van der Waals surface area (Å²) >= 11 is 0. The summed E-state index contributed by atoms with van der Waals surface area (Å²) in [5.74, 6) is 1.39. The Hall–Kier alpha value is -1.12. The number of hydrogen-bond acceptors (Lipinski definition) is 3. The lowest BCUT2D eigenvalue weighted by molar-refractivity contribution is 0.391. The quantitative estimate of drug-likeness (QED) is 0.742. The Morgan fingerprint density at radius 3 is 2.07 bits per heavy atom. The van der Waals surface area contributed by atoms with E-state index >= 15 is 0 Å². The maximum absolute atomic E-state index is 5.07. The predicted molar refractivity (Wildman–Crippen MR) is 56.8 cm³/mol. The minimum Gasteiger partial charge on any atom is -0.480 e. The number of aromatic nitrogens is 2. The fourth-order valence-electron chi connectivity index (χ4n) is 1.36. The number of ether oxygens (including phenoxy) is 1. The zero-order chi connectivity index (χ0) is 10.7. The molecule has 3 nitrogen and oxygen atoms in total. The van der Waals surface area contributed by atoms with Gasteiger partial charge in [-0.05, 0) is 11.8 Å². The van der Waals surface area contributed by atoms with Crippen molar-refractivity contribution >= 4 is 0 Å². The van der Waals surface area contributed by atoms with Crippen LogP contribution in [0.15, 0.2) is 6.20 Å². The van der Waals surface area contributed by atoms with Crippen LogP contribution >= 0.6 is 0 Å². The van der Waals surface area contributed by atoms with Gasteiger partial charge in [-0.1, -0.05) is 27.7 Å². The summed E-state index contributed by atoms with van der Waals surface area (Å²) in [6, 6.07) is 0. The molecule has 1 aromatic rings. The third-order valence-electron chi connectivity index (χ3n) is 2.11. The van der Waals surface area contributed by atoms with Gasteiger partial charge in [-0.2, -0.15) is 0 Å². The first-order chi connectivity index (χ1) is 6.56. The molecule has 0 saturated carbocycles. The van der Waals surface area contributed by atoms with E-state index in [4.69, 9.17) is 4.74 Å². The van der Waals surface area contributed by atoms with Gasteiger partial charge in [0.2, 0.25) is 5.88 Å². The molecule has 0 spiro atoms. The van der Waals surface area contributed by atoms with E-state index in [0.717, 1.165) is 11.4 Å². The highest BCUT2D eigenvalue weighted by atomic mass is 16.5. The third-order valence-corrected chi connectivity index (χ3v) is 2.11. The Bertz CT molecular complexity index is 308. The minimum atomic E-state index is 0.384. The van der Waals surface area contributed by atoms with E-state index in [-0.39, 0.29) is 0 Å². The number of hydrogen-bond donors (Lipinski definition) is 0. The van der Waals surface area contributed by atoms with E-state index in [1.54, 1.807) is 13.3 Å². The molecule has 0 bridgehead atoms. The van der Waals surface area contributed by atoms with Crippen LogP contribution in [-0.2, 0) is 0 Å². The van der Waals surface area contributed by atoms with E-state index < -0.39 is 0 Å². The fourth-order valence-corrected chi connectivity index (χ4v) is 1.36. The van der Waals surface area contributed by atoms with Gasteiger partial charge in [0.15, 0.2) is 0 Å². The highest BCUT2D eigenvalue weighted by Gasteiger charge is 2.13. The molecule has 14 heavy (non-hydrogen) atoms. The summed E-state index contributed by atoms with van der Waals surface area (Å²) in [4.78, 5) is 8.81. The van der Waals surface area contributed by atoms with E-state index in [2.05, 4.69) is 37.7 Å². The standard InChI is InChI=1S/C11H18N2O/c1-7(2)10-11(8(3)4)13-9(14-5)6-12-10/h6-8H,1-5H3. The van der Waals surface area contributed by atoms with Crippen molar-refractivity contribution in [2.24, 2.45) is 0 Å². The van der Waals surface area contributed by atoms with Crippen LogP contribution in [0.2, 0.25) is 0 Å². The first-order valence-corrected chi connectivity index (χ1v) is 4.97. The van der Waals surface area contributed by atoms with Crippen LogP contribution < -0.4 is 4.74 Å². The molecule has 3 heteroatoms. The van der Waals surface area contributed by atoms with Gasteiger partial charge in [0.05, 0.1) is 24.7 Å². The summed E-state index contributed by atoms with van der Waals surface area (Å²) in [5.41, 5.74) is 2.11. The van der Waals surface area contributed by atoms with Gasteiger partial charge in [0, 0.05) is 0 Å². The molecular formula is C11H18N2O. The van der Waals surface area contributed by atoms with E-state index in [1.807, 2.05) is 0 Å². The van der Waals surface area contributed by atoms with Gasteiger partial charge in [0.1, 0.15) is 0 Å². The zero-order valence-corrected chi connectivity index (χ0v) is 9.53. The molecule has 1 aromatic heterocycles. The van der Waals surface area contributed by atoms with Crippen molar-refractivity contribution in [2.75, 3.05) is 7.11 Å². The summed E-state index contributed by atoms with van der Waals surface area (Å²) in [6.07, 6.45) is 1.68. The Labute approximate surface area is 85.5 Å².